The van der Waals surface area contributed by atoms with Gasteiger partial charge in [-0.3, -0.25) is 5.43 Å². The van der Waals surface area contributed by atoms with Gasteiger partial charge >= 0.3 is 0 Å². The Morgan fingerprint density at radius 1 is 1.04 bits per heavy atom. The largest absolute Gasteiger partial charge is 0.261 e. The highest BCUT2D eigenvalue weighted by atomic mass is 15.3. The fourth-order valence-corrected chi connectivity index (χ4v) is 2.30. The maximum absolute atomic E-state index is 4.33. The Bertz CT molecular complexity index is 603. The Morgan fingerprint density at radius 3 is 2.61 bits per heavy atom. The Balaban J connectivity index is 1.99. The van der Waals surface area contributed by atoms with Crippen LogP contribution < -0.4 is 5.43 Å². The molecule has 0 aliphatic rings. The van der Waals surface area contributed by atoms with E-state index in [1.54, 1.807) is 6.20 Å². The van der Waals surface area contributed by atoms with Gasteiger partial charge in [-0.15, -0.1) is 0 Å². The van der Waals surface area contributed by atoms with Crippen molar-refractivity contribution < 1.29 is 0 Å². The highest BCUT2D eigenvalue weighted by Crippen LogP contribution is 2.13. The first-order valence-electron chi connectivity index (χ1n) is 8.34. The van der Waals surface area contributed by atoms with Gasteiger partial charge in [0.2, 0.25) is 0 Å². The number of hydrazone groups is 1. The van der Waals surface area contributed by atoms with Crippen molar-refractivity contribution in [2.75, 3.05) is 5.43 Å². The van der Waals surface area contributed by atoms with Gasteiger partial charge in [0, 0.05) is 6.20 Å². The minimum Gasteiger partial charge on any atom is -0.261 e. The summed E-state index contributed by atoms with van der Waals surface area (Å²) in [4.78, 5) is 4.20. The normalized spacial score (nSPS) is 11.8. The molecule has 1 aromatic carbocycles. The highest BCUT2D eigenvalue weighted by Gasteiger charge is 1.97. The second-order valence-corrected chi connectivity index (χ2v) is 5.53. The van der Waals surface area contributed by atoms with E-state index in [0.717, 1.165) is 12.2 Å². The topological polar surface area (TPSA) is 37.3 Å². The molecule has 0 bridgehead atoms. The van der Waals surface area contributed by atoms with E-state index >= 15 is 0 Å². The number of allylic oxidation sites excluding steroid dienone is 1. The van der Waals surface area contributed by atoms with Crippen molar-refractivity contribution in [1.29, 1.82) is 0 Å². The van der Waals surface area contributed by atoms with E-state index in [1.165, 1.54) is 36.8 Å². The van der Waals surface area contributed by atoms with Crippen LogP contribution in [-0.4, -0.2) is 11.2 Å². The molecule has 0 unspecified atom stereocenters. The first kappa shape index (κ1) is 16.9. The maximum Gasteiger partial charge on any atom is 0.146 e. The third-order valence-corrected chi connectivity index (χ3v) is 3.55. The van der Waals surface area contributed by atoms with Gasteiger partial charge in [0.05, 0.1) is 6.21 Å². The van der Waals surface area contributed by atoms with Crippen molar-refractivity contribution in [2.24, 2.45) is 5.10 Å². The molecule has 2 rings (SSSR count). The monoisotopic (exact) mass is 307 g/mol. The lowest BCUT2D eigenvalue weighted by Gasteiger charge is -2.04. The standard InChI is InChI=1S/C20H25N3/c1-2-3-4-6-13-19(16-18-11-7-5-8-12-18)17-22-23-20-14-9-10-15-21-20/h5,7-12,14-17H,2-4,6,13H2,1H3,(H,21,23)/b19-16+,22-17-. The quantitative estimate of drug-likeness (QED) is 0.375. The van der Waals surface area contributed by atoms with Gasteiger partial charge in [-0.25, -0.2) is 4.98 Å². The van der Waals surface area contributed by atoms with E-state index in [4.69, 9.17) is 0 Å². The van der Waals surface area contributed by atoms with Gasteiger partial charge in [0.15, 0.2) is 0 Å². The summed E-state index contributed by atoms with van der Waals surface area (Å²) in [5, 5.41) is 4.33. The second kappa shape index (κ2) is 10.3. The smallest absolute Gasteiger partial charge is 0.146 e. The van der Waals surface area contributed by atoms with Crippen LogP contribution in [0.1, 0.15) is 44.6 Å². The van der Waals surface area contributed by atoms with E-state index in [-0.39, 0.29) is 0 Å². The summed E-state index contributed by atoms with van der Waals surface area (Å²) in [6, 6.07) is 16.1. The van der Waals surface area contributed by atoms with Crippen LogP contribution in [0.25, 0.3) is 6.08 Å². The molecule has 0 fully saturated rings. The summed E-state index contributed by atoms with van der Waals surface area (Å²) >= 11 is 0. The molecule has 0 radical (unpaired) electrons. The molecule has 0 saturated carbocycles. The average Bonchev–Trinajstić information content (AvgIpc) is 2.60. The van der Waals surface area contributed by atoms with Gasteiger partial charge in [0.25, 0.3) is 0 Å². The van der Waals surface area contributed by atoms with Gasteiger partial charge in [0.1, 0.15) is 5.82 Å². The molecule has 0 atom stereocenters. The lowest BCUT2D eigenvalue weighted by molar-refractivity contribution is 0.671. The molecule has 1 aromatic heterocycles. The minimum absolute atomic E-state index is 0.758. The van der Waals surface area contributed by atoms with Crippen molar-refractivity contribution in [3.63, 3.8) is 0 Å². The Kier molecular flexibility index (Phi) is 7.61. The van der Waals surface area contributed by atoms with Crippen molar-refractivity contribution in [1.82, 2.24) is 4.98 Å². The summed E-state index contributed by atoms with van der Waals surface area (Å²) in [5.41, 5.74) is 5.42. The number of nitrogens with zero attached hydrogens (tertiary/aromatic N) is 2. The number of unbranched alkanes of at least 4 members (excludes halogenated alkanes) is 3. The van der Waals surface area contributed by atoms with Crippen LogP contribution in [0, 0.1) is 0 Å². The van der Waals surface area contributed by atoms with Crippen LogP contribution in [0.4, 0.5) is 5.82 Å². The van der Waals surface area contributed by atoms with Gasteiger partial charge in [-0.2, -0.15) is 5.10 Å². The van der Waals surface area contributed by atoms with Crippen LogP contribution in [0.5, 0.6) is 0 Å². The lowest BCUT2D eigenvalue weighted by atomic mass is 10.0. The summed E-state index contributed by atoms with van der Waals surface area (Å²) in [5.74, 6) is 0.758. The maximum atomic E-state index is 4.33. The van der Waals surface area contributed by atoms with Gasteiger partial charge < -0.3 is 0 Å². The number of aromatic nitrogens is 1. The zero-order valence-corrected chi connectivity index (χ0v) is 13.8. The fourth-order valence-electron chi connectivity index (χ4n) is 2.30. The van der Waals surface area contributed by atoms with E-state index in [1.807, 2.05) is 30.5 Å². The first-order valence-corrected chi connectivity index (χ1v) is 8.34. The Labute approximate surface area is 139 Å². The minimum atomic E-state index is 0.758. The number of rotatable bonds is 9. The molecule has 3 nitrogen and oxygen atoms in total. The first-order chi connectivity index (χ1) is 11.4. The summed E-state index contributed by atoms with van der Waals surface area (Å²) in [7, 11) is 0. The molecule has 0 amide bonds. The molecule has 0 aliphatic carbocycles. The second-order valence-electron chi connectivity index (χ2n) is 5.53. The zero-order chi connectivity index (χ0) is 16.2. The van der Waals surface area contributed by atoms with E-state index in [0.29, 0.717) is 0 Å². The molecular weight excluding hydrogens is 282 g/mol. The molecule has 23 heavy (non-hydrogen) atoms. The predicted molar refractivity (Wildman–Crippen MR) is 99.5 cm³/mol. The van der Waals surface area contributed by atoms with Gasteiger partial charge in [-0.05, 0) is 36.1 Å². The highest BCUT2D eigenvalue weighted by molar-refractivity contribution is 5.85. The molecule has 0 aliphatic heterocycles. The molecular formula is C20H25N3. The summed E-state index contributed by atoms with van der Waals surface area (Å²) in [6.07, 6.45) is 11.9. The molecule has 1 N–H and O–H groups in total. The van der Waals surface area contributed by atoms with Crippen molar-refractivity contribution in [3.05, 3.63) is 65.9 Å². The van der Waals surface area contributed by atoms with E-state index < -0.39 is 0 Å². The zero-order valence-electron chi connectivity index (χ0n) is 13.8. The average molecular weight is 307 g/mol. The Hall–Kier alpha value is -2.42. The lowest BCUT2D eigenvalue weighted by Crippen LogP contribution is -1.94. The number of benzene rings is 1. The molecule has 120 valence electrons. The summed E-state index contributed by atoms with van der Waals surface area (Å²) in [6.45, 7) is 2.24. The van der Waals surface area contributed by atoms with Crippen LogP contribution in [0.3, 0.4) is 0 Å². The third-order valence-electron chi connectivity index (χ3n) is 3.55. The summed E-state index contributed by atoms with van der Waals surface area (Å²) < 4.78 is 0. The van der Waals surface area contributed by atoms with Crippen LogP contribution in [-0.2, 0) is 0 Å². The van der Waals surface area contributed by atoms with Crippen molar-refractivity contribution >= 4 is 18.1 Å². The molecule has 1 heterocycles. The number of nitrogens with one attached hydrogen (secondary N) is 1. The molecule has 3 heteroatoms. The van der Waals surface area contributed by atoms with Crippen molar-refractivity contribution in [2.45, 2.75) is 39.0 Å². The number of hydrogen-bond acceptors (Lipinski definition) is 3. The fraction of sp³-hybridized carbons (Fsp3) is 0.300. The Morgan fingerprint density at radius 2 is 1.87 bits per heavy atom. The number of pyridine rings is 1. The number of hydrogen-bond donors (Lipinski definition) is 1. The molecule has 0 saturated heterocycles. The van der Waals surface area contributed by atoms with Crippen molar-refractivity contribution in [3.8, 4) is 0 Å². The van der Waals surface area contributed by atoms with Crippen LogP contribution in [0.2, 0.25) is 0 Å². The van der Waals surface area contributed by atoms with E-state index in [9.17, 15) is 0 Å². The van der Waals surface area contributed by atoms with Crippen LogP contribution >= 0.6 is 0 Å². The van der Waals surface area contributed by atoms with Gasteiger partial charge in [-0.1, -0.05) is 68.7 Å². The van der Waals surface area contributed by atoms with E-state index in [2.05, 4.69) is 52.8 Å². The van der Waals surface area contributed by atoms with Crippen LogP contribution in [0.15, 0.2) is 65.4 Å². The number of anilines is 1. The predicted octanol–water partition coefficient (Wildman–Crippen LogP) is 5.53. The third kappa shape index (κ3) is 6.92. The molecule has 2 aromatic rings. The SMILES string of the molecule is CCCCCCC(/C=N\Nc1ccccn1)=C\c1ccccc1. The molecule has 0 spiro atoms.